The van der Waals surface area contributed by atoms with E-state index in [0.717, 1.165) is 16.4 Å². The molecule has 1 aliphatic rings. The first-order chi connectivity index (χ1) is 9.32. The Balaban J connectivity index is 2.39. The van der Waals surface area contributed by atoms with Gasteiger partial charge in [0, 0.05) is 25.8 Å². The minimum atomic E-state index is -4.06. The molecule has 1 aliphatic heterocycles. The second-order valence-corrected chi connectivity index (χ2v) is 6.60. The van der Waals surface area contributed by atoms with Gasteiger partial charge in [0.15, 0.2) is 0 Å². The van der Waals surface area contributed by atoms with Gasteiger partial charge in [0.2, 0.25) is 15.9 Å². The highest BCUT2D eigenvalue weighted by atomic mass is 32.2. The summed E-state index contributed by atoms with van der Waals surface area (Å²) in [5, 5.41) is 0. The van der Waals surface area contributed by atoms with Crippen LogP contribution in [0.4, 0.5) is 10.1 Å². The van der Waals surface area contributed by atoms with Crippen LogP contribution in [0, 0.1) is 5.82 Å². The fourth-order valence-electron chi connectivity index (χ4n) is 2.02. The van der Waals surface area contributed by atoms with Gasteiger partial charge < -0.3 is 10.6 Å². The molecule has 2 rings (SSSR count). The molecule has 20 heavy (non-hydrogen) atoms. The zero-order valence-electron chi connectivity index (χ0n) is 11.0. The van der Waals surface area contributed by atoms with E-state index < -0.39 is 20.7 Å². The van der Waals surface area contributed by atoms with E-state index in [-0.39, 0.29) is 24.7 Å². The summed E-state index contributed by atoms with van der Waals surface area (Å²) in [4.78, 5) is 12.7. The molecule has 1 aromatic carbocycles. The number of nitrogens with two attached hydrogens (primary N) is 1. The summed E-state index contributed by atoms with van der Waals surface area (Å²) < 4.78 is 39.6. The molecule has 1 saturated heterocycles. The normalized spacial score (nSPS) is 18.1. The van der Waals surface area contributed by atoms with Gasteiger partial charge in [0.1, 0.15) is 10.7 Å². The summed E-state index contributed by atoms with van der Waals surface area (Å²) in [6.45, 7) is 0.365. The zero-order valence-corrected chi connectivity index (χ0v) is 11.9. The van der Waals surface area contributed by atoms with Crippen LogP contribution in [0.1, 0.15) is 6.42 Å². The molecule has 0 unspecified atom stereocenters. The maximum absolute atomic E-state index is 13.7. The molecule has 6 nitrogen and oxygen atoms in total. The molecule has 0 spiro atoms. The fraction of sp³-hybridized carbons (Fsp3) is 0.417. The number of carbonyl (C=O) groups is 1. The highest BCUT2D eigenvalue weighted by molar-refractivity contribution is 7.89. The number of nitrogen functional groups attached to an aromatic ring is 1. The van der Waals surface area contributed by atoms with Gasteiger partial charge in [0.05, 0.1) is 6.54 Å². The van der Waals surface area contributed by atoms with Gasteiger partial charge in [0.25, 0.3) is 0 Å². The van der Waals surface area contributed by atoms with Gasteiger partial charge in [-0.2, -0.15) is 4.31 Å². The summed E-state index contributed by atoms with van der Waals surface area (Å²) in [6.07, 6.45) is 0.505. The van der Waals surface area contributed by atoms with Gasteiger partial charge >= 0.3 is 0 Å². The number of anilines is 1. The standard InChI is InChI=1S/C12H16FN3O3S/c1-15-5-2-6-16(8-12(15)17)20(18,19)11-7-9(14)3-4-10(11)13/h3-4,7H,2,5-6,8,14H2,1H3. The Morgan fingerprint density at radius 3 is 2.70 bits per heavy atom. The maximum atomic E-state index is 13.7. The smallest absolute Gasteiger partial charge is 0.246 e. The number of benzene rings is 1. The Bertz CT molecular complexity index is 633. The topological polar surface area (TPSA) is 83.7 Å². The van der Waals surface area contributed by atoms with Crippen LogP contribution in [-0.4, -0.2) is 50.2 Å². The number of nitrogens with zero attached hydrogens (tertiary/aromatic N) is 2. The Morgan fingerprint density at radius 2 is 2.00 bits per heavy atom. The second kappa shape index (κ2) is 5.37. The molecule has 8 heteroatoms. The molecule has 0 radical (unpaired) electrons. The van der Waals surface area contributed by atoms with Crippen molar-refractivity contribution in [3.05, 3.63) is 24.0 Å². The van der Waals surface area contributed by atoms with Crippen LogP contribution in [-0.2, 0) is 14.8 Å². The van der Waals surface area contributed by atoms with Gasteiger partial charge in [-0.15, -0.1) is 0 Å². The van der Waals surface area contributed by atoms with Crippen molar-refractivity contribution < 1.29 is 17.6 Å². The van der Waals surface area contributed by atoms with Crippen molar-refractivity contribution in [2.24, 2.45) is 0 Å². The number of sulfonamides is 1. The lowest BCUT2D eigenvalue weighted by Crippen LogP contribution is -2.38. The molecule has 1 amide bonds. The molecule has 110 valence electrons. The van der Waals surface area contributed by atoms with Crippen molar-refractivity contribution in [1.82, 2.24) is 9.21 Å². The molecular formula is C12H16FN3O3S. The van der Waals surface area contributed by atoms with Crippen molar-refractivity contribution >= 4 is 21.6 Å². The SMILES string of the molecule is CN1CCCN(S(=O)(=O)c2cc(N)ccc2F)CC1=O. The van der Waals surface area contributed by atoms with Crippen LogP contribution in [0.15, 0.2) is 23.1 Å². The van der Waals surface area contributed by atoms with Crippen LogP contribution < -0.4 is 5.73 Å². The van der Waals surface area contributed by atoms with Crippen LogP contribution in [0.2, 0.25) is 0 Å². The van der Waals surface area contributed by atoms with E-state index in [9.17, 15) is 17.6 Å². The second-order valence-electron chi connectivity index (χ2n) is 4.70. The molecule has 2 N–H and O–H groups in total. The molecule has 1 fully saturated rings. The van der Waals surface area contributed by atoms with Crippen molar-refractivity contribution in [2.75, 3.05) is 32.4 Å². The molecular weight excluding hydrogens is 285 g/mol. The van der Waals surface area contributed by atoms with Crippen molar-refractivity contribution in [3.8, 4) is 0 Å². The quantitative estimate of drug-likeness (QED) is 0.794. The maximum Gasteiger partial charge on any atom is 0.246 e. The number of halogens is 1. The summed E-state index contributed by atoms with van der Waals surface area (Å²) in [7, 11) is -2.45. The average molecular weight is 301 g/mol. The highest BCUT2D eigenvalue weighted by Gasteiger charge is 2.31. The highest BCUT2D eigenvalue weighted by Crippen LogP contribution is 2.22. The minimum Gasteiger partial charge on any atom is -0.399 e. The molecule has 0 atom stereocenters. The molecule has 0 bridgehead atoms. The van der Waals surface area contributed by atoms with Crippen molar-refractivity contribution in [2.45, 2.75) is 11.3 Å². The van der Waals surface area contributed by atoms with E-state index in [1.807, 2.05) is 0 Å². The largest absolute Gasteiger partial charge is 0.399 e. The van der Waals surface area contributed by atoms with E-state index >= 15 is 0 Å². The molecule has 1 aromatic rings. The molecule has 1 heterocycles. The fourth-order valence-corrected chi connectivity index (χ4v) is 3.55. The van der Waals surface area contributed by atoms with Crippen LogP contribution in [0.5, 0.6) is 0 Å². The van der Waals surface area contributed by atoms with Crippen LogP contribution in [0.3, 0.4) is 0 Å². The Labute approximate surface area is 117 Å². The monoisotopic (exact) mass is 301 g/mol. The van der Waals surface area contributed by atoms with Crippen LogP contribution >= 0.6 is 0 Å². The molecule has 0 aliphatic carbocycles. The number of hydrogen-bond donors (Lipinski definition) is 1. The zero-order chi connectivity index (χ0) is 14.9. The van der Waals surface area contributed by atoms with Crippen molar-refractivity contribution in [3.63, 3.8) is 0 Å². The number of hydrogen-bond acceptors (Lipinski definition) is 4. The van der Waals surface area contributed by atoms with E-state index in [1.165, 1.54) is 11.0 Å². The Kier molecular flexibility index (Phi) is 3.96. The van der Waals surface area contributed by atoms with E-state index in [1.54, 1.807) is 7.05 Å². The van der Waals surface area contributed by atoms with E-state index in [2.05, 4.69) is 0 Å². The Morgan fingerprint density at radius 1 is 1.30 bits per heavy atom. The first kappa shape index (κ1) is 14.7. The summed E-state index contributed by atoms with van der Waals surface area (Å²) in [6, 6.07) is 3.37. The average Bonchev–Trinajstić information content (AvgIpc) is 2.55. The summed E-state index contributed by atoms with van der Waals surface area (Å²) in [5.41, 5.74) is 5.66. The van der Waals surface area contributed by atoms with Gasteiger partial charge in [-0.05, 0) is 24.6 Å². The predicted octanol–water partition coefficient (Wildman–Crippen LogP) is 0.261. The lowest BCUT2D eigenvalue weighted by molar-refractivity contribution is -0.129. The summed E-state index contributed by atoms with van der Waals surface area (Å²) in [5.74, 6) is -1.18. The summed E-state index contributed by atoms with van der Waals surface area (Å²) >= 11 is 0. The number of carbonyl (C=O) groups excluding carboxylic acids is 1. The van der Waals surface area contributed by atoms with Crippen LogP contribution in [0.25, 0.3) is 0 Å². The number of likely N-dealkylation sites (N-methyl/N-ethyl adjacent to an activating group) is 1. The third-order valence-electron chi connectivity index (χ3n) is 3.21. The molecule has 0 saturated carbocycles. The molecule has 0 aromatic heterocycles. The third kappa shape index (κ3) is 2.75. The number of amides is 1. The lowest BCUT2D eigenvalue weighted by Gasteiger charge is -2.20. The first-order valence-corrected chi connectivity index (χ1v) is 7.55. The lowest BCUT2D eigenvalue weighted by atomic mass is 10.3. The first-order valence-electron chi connectivity index (χ1n) is 6.11. The van der Waals surface area contributed by atoms with Crippen molar-refractivity contribution in [1.29, 1.82) is 0 Å². The predicted molar refractivity (Wildman–Crippen MR) is 71.8 cm³/mol. The minimum absolute atomic E-state index is 0.156. The van der Waals surface area contributed by atoms with Gasteiger partial charge in [-0.1, -0.05) is 0 Å². The van der Waals surface area contributed by atoms with Gasteiger partial charge in [-0.25, -0.2) is 12.8 Å². The third-order valence-corrected chi connectivity index (χ3v) is 5.07. The van der Waals surface area contributed by atoms with E-state index in [0.29, 0.717) is 13.0 Å². The number of rotatable bonds is 2. The Hall–Kier alpha value is -1.67. The van der Waals surface area contributed by atoms with Gasteiger partial charge in [-0.3, -0.25) is 4.79 Å². The van der Waals surface area contributed by atoms with E-state index in [4.69, 9.17) is 5.73 Å².